The molecule has 86 heavy (non-hydrogen) atoms. The maximum absolute atomic E-state index is 13.0. The van der Waals surface area contributed by atoms with Gasteiger partial charge in [0.25, 0.3) is 0 Å². The van der Waals surface area contributed by atoms with Crippen LogP contribution in [-0.2, 0) is 65.4 Å². The quantitative estimate of drug-likeness (QED) is 0.0222. The summed E-state index contributed by atoms with van der Waals surface area (Å²) in [5.41, 5.74) is 0. The number of phosphoric acid groups is 2. The Kier molecular flexibility index (Phi) is 56.9. The van der Waals surface area contributed by atoms with Gasteiger partial charge in [-0.15, -0.1) is 0 Å². The molecule has 19 heteroatoms. The van der Waals surface area contributed by atoms with Crippen LogP contribution in [0, 0.1) is 17.8 Å². The summed E-state index contributed by atoms with van der Waals surface area (Å²) in [5.74, 6) is 0.0399. The van der Waals surface area contributed by atoms with Gasteiger partial charge in [-0.2, -0.15) is 0 Å². The molecule has 0 aliphatic heterocycles. The van der Waals surface area contributed by atoms with Gasteiger partial charge in [0.15, 0.2) is 12.2 Å². The highest BCUT2D eigenvalue weighted by Crippen LogP contribution is 2.45. The van der Waals surface area contributed by atoms with E-state index in [1.807, 2.05) is 0 Å². The molecule has 0 aromatic heterocycles. The molecule has 0 aromatic rings. The molecule has 510 valence electrons. The van der Waals surface area contributed by atoms with Gasteiger partial charge >= 0.3 is 39.5 Å². The number of phosphoric ester groups is 2. The average molecular weight is 1270 g/mol. The highest BCUT2D eigenvalue weighted by atomic mass is 31.2. The number of aliphatic hydroxyl groups excluding tert-OH is 1. The number of esters is 4. The number of ether oxygens (including phenoxy) is 4. The molecule has 0 bridgehead atoms. The first-order valence-corrected chi connectivity index (χ1v) is 37.8. The zero-order valence-corrected chi connectivity index (χ0v) is 57.6. The van der Waals surface area contributed by atoms with Gasteiger partial charge in [0.2, 0.25) is 0 Å². The van der Waals surface area contributed by atoms with Crippen molar-refractivity contribution in [2.45, 2.75) is 349 Å². The predicted octanol–water partition coefficient (Wildman–Crippen LogP) is 18.7. The van der Waals surface area contributed by atoms with Crippen LogP contribution in [0.3, 0.4) is 0 Å². The molecule has 3 N–H and O–H groups in total. The van der Waals surface area contributed by atoms with Crippen LogP contribution in [0.25, 0.3) is 0 Å². The third-order valence-corrected chi connectivity index (χ3v) is 17.3. The smallest absolute Gasteiger partial charge is 0.462 e. The van der Waals surface area contributed by atoms with Gasteiger partial charge < -0.3 is 33.8 Å². The molecular formula is C67H130O17P2. The highest BCUT2D eigenvalue weighted by Gasteiger charge is 2.30. The van der Waals surface area contributed by atoms with E-state index < -0.39 is 97.5 Å². The Balaban J connectivity index is 5.18. The molecule has 0 heterocycles. The van der Waals surface area contributed by atoms with Crippen molar-refractivity contribution in [2.24, 2.45) is 17.8 Å². The fourth-order valence-electron chi connectivity index (χ4n) is 10.0. The van der Waals surface area contributed by atoms with Crippen LogP contribution in [0.1, 0.15) is 331 Å². The predicted molar refractivity (Wildman–Crippen MR) is 344 cm³/mol. The second kappa shape index (κ2) is 58.2. The molecule has 0 spiro atoms. The van der Waals surface area contributed by atoms with E-state index in [-0.39, 0.29) is 25.7 Å². The van der Waals surface area contributed by atoms with Crippen LogP contribution in [-0.4, -0.2) is 96.7 Å². The summed E-state index contributed by atoms with van der Waals surface area (Å²) in [6, 6.07) is 0. The van der Waals surface area contributed by atoms with E-state index in [1.54, 1.807) is 0 Å². The fourth-order valence-corrected chi connectivity index (χ4v) is 11.6. The first-order chi connectivity index (χ1) is 41.2. The van der Waals surface area contributed by atoms with E-state index in [2.05, 4.69) is 48.5 Å². The number of carbonyl (C=O) groups excluding carboxylic acids is 4. The SMILES string of the molecule is CCCCCCCCCCCC(=O)OC[C@H](COP(=O)(O)OC[C@H](O)COP(=O)(O)OC[C@@H](COC(=O)CCCCCCCCCC(C)C)OC(=O)CCCCCCCCCCCCCCCCCC(C)C)OC(=O)CCCCCCCCC(C)C. The zero-order valence-electron chi connectivity index (χ0n) is 55.8. The third kappa shape index (κ3) is 60.9. The summed E-state index contributed by atoms with van der Waals surface area (Å²) in [6.45, 7) is 11.7. The Morgan fingerprint density at radius 3 is 0.791 bits per heavy atom. The summed E-state index contributed by atoms with van der Waals surface area (Å²) in [6.07, 6.45) is 40.6. The Morgan fingerprint density at radius 2 is 0.535 bits per heavy atom. The second-order valence-electron chi connectivity index (χ2n) is 25.6. The minimum Gasteiger partial charge on any atom is -0.462 e. The summed E-state index contributed by atoms with van der Waals surface area (Å²) >= 11 is 0. The molecule has 2 unspecified atom stereocenters. The van der Waals surface area contributed by atoms with Gasteiger partial charge in [-0.25, -0.2) is 9.13 Å². The Morgan fingerprint density at radius 1 is 0.314 bits per heavy atom. The summed E-state index contributed by atoms with van der Waals surface area (Å²) in [5, 5.41) is 10.5. The molecule has 0 rings (SSSR count). The molecule has 0 aromatic carbocycles. The van der Waals surface area contributed by atoms with Crippen LogP contribution < -0.4 is 0 Å². The zero-order chi connectivity index (χ0) is 63.8. The van der Waals surface area contributed by atoms with Crippen LogP contribution in [0.15, 0.2) is 0 Å². The first kappa shape index (κ1) is 84.1. The van der Waals surface area contributed by atoms with Crippen LogP contribution in [0.2, 0.25) is 0 Å². The van der Waals surface area contributed by atoms with Crippen molar-refractivity contribution >= 4 is 39.5 Å². The van der Waals surface area contributed by atoms with Gasteiger partial charge in [-0.05, 0) is 43.4 Å². The highest BCUT2D eigenvalue weighted by molar-refractivity contribution is 7.47. The summed E-state index contributed by atoms with van der Waals surface area (Å²) in [7, 11) is -9.89. The first-order valence-electron chi connectivity index (χ1n) is 34.8. The molecule has 17 nitrogen and oxygen atoms in total. The van der Waals surface area contributed by atoms with Crippen LogP contribution in [0.4, 0.5) is 0 Å². The number of aliphatic hydroxyl groups is 1. The Hall–Kier alpha value is -1.94. The van der Waals surface area contributed by atoms with Gasteiger partial charge in [-0.1, -0.05) is 280 Å². The second-order valence-corrected chi connectivity index (χ2v) is 28.5. The maximum Gasteiger partial charge on any atom is 0.472 e. The van der Waals surface area contributed by atoms with E-state index in [1.165, 1.54) is 135 Å². The van der Waals surface area contributed by atoms with Crippen molar-refractivity contribution in [2.75, 3.05) is 39.6 Å². The van der Waals surface area contributed by atoms with E-state index in [0.29, 0.717) is 37.5 Å². The van der Waals surface area contributed by atoms with E-state index in [0.717, 1.165) is 102 Å². The topological polar surface area (TPSA) is 237 Å². The number of unbranched alkanes of at least 4 members (excludes halogenated alkanes) is 33. The third-order valence-electron chi connectivity index (χ3n) is 15.4. The minimum atomic E-state index is -4.95. The standard InChI is InChI=1S/C67H130O17P2/c1-8-9-10-11-12-20-26-34-41-48-64(69)77-55-63(84-67(72)51-44-37-30-29-33-40-47-60(6)7)57-82-86(75,76)80-53-61(68)52-79-85(73,74)81-56-62(54-78-65(70)49-42-35-28-23-25-32-39-46-59(4)5)83-66(71)50-43-36-27-22-19-17-15-13-14-16-18-21-24-31-38-45-58(2)3/h58-63,68H,8-57H2,1-7H3,(H,73,74)(H,75,76)/t61-,62-,63-/m1/s1. The minimum absolute atomic E-state index is 0.102. The molecule has 0 fully saturated rings. The van der Waals surface area contributed by atoms with Crippen molar-refractivity contribution in [3.63, 3.8) is 0 Å². The van der Waals surface area contributed by atoms with Crippen molar-refractivity contribution in [1.29, 1.82) is 0 Å². The van der Waals surface area contributed by atoms with Crippen LogP contribution in [0.5, 0.6) is 0 Å². The summed E-state index contributed by atoms with van der Waals surface area (Å²) in [4.78, 5) is 72.2. The van der Waals surface area contributed by atoms with Crippen LogP contribution >= 0.6 is 15.6 Å². The van der Waals surface area contributed by atoms with Gasteiger partial charge in [-0.3, -0.25) is 37.3 Å². The molecular weight excluding hydrogens is 1140 g/mol. The van der Waals surface area contributed by atoms with E-state index in [4.69, 9.17) is 37.0 Å². The van der Waals surface area contributed by atoms with Crippen molar-refractivity contribution < 1.29 is 80.2 Å². The molecule has 0 radical (unpaired) electrons. The Bertz CT molecular complexity index is 1700. The largest absolute Gasteiger partial charge is 0.472 e. The van der Waals surface area contributed by atoms with Crippen molar-refractivity contribution in [3.8, 4) is 0 Å². The molecule has 0 aliphatic rings. The number of hydrogen-bond acceptors (Lipinski definition) is 15. The van der Waals surface area contributed by atoms with Gasteiger partial charge in [0, 0.05) is 25.7 Å². The number of rotatable bonds is 65. The molecule has 0 saturated heterocycles. The molecule has 0 amide bonds. The van der Waals surface area contributed by atoms with E-state index in [9.17, 15) is 43.2 Å². The summed E-state index contributed by atoms with van der Waals surface area (Å²) < 4.78 is 68.0. The molecule has 0 saturated carbocycles. The fraction of sp³-hybridized carbons (Fsp3) is 0.940. The van der Waals surface area contributed by atoms with Gasteiger partial charge in [0.05, 0.1) is 26.4 Å². The number of carbonyl (C=O) groups is 4. The lowest BCUT2D eigenvalue weighted by Gasteiger charge is -2.21. The molecule has 0 aliphatic carbocycles. The monoisotopic (exact) mass is 1270 g/mol. The molecule has 5 atom stereocenters. The lowest BCUT2D eigenvalue weighted by molar-refractivity contribution is -0.161. The van der Waals surface area contributed by atoms with Crippen molar-refractivity contribution in [1.82, 2.24) is 0 Å². The van der Waals surface area contributed by atoms with Crippen molar-refractivity contribution in [3.05, 3.63) is 0 Å². The van der Waals surface area contributed by atoms with Gasteiger partial charge in [0.1, 0.15) is 19.3 Å². The number of hydrogen-bond donors (Lipinski definition) is 3. The average Bonchev–Trinajstić information content (AvgIpc) is 3.54. The van der Waals surface area contributed by atoms with E-state index >= 15 is 0 Å². The maximum atomic E-state index is 13.0. The lowest BCUT2D eigenvalue weighted by atomic mass is 10.0. The normalized spacial score (nSPS) is 14.3. The Labute approximate surface area is 524 Å². The lowest BCUT2D eigenvalue weighted by Crippen LogP contribution is -2.30.